The van der Waals surface area contributed by atoms with Crippen LogP contribution in [0.2, 0.25) is 0 Å². The van der Waals surface area contributed by atoms with Gasteiger partial charge in [0.25, 0.3) is 5.56 Å². The van der Waals surface area contributed by atoms with Crippen molar-refractivity contribution in [3.63, 3.8) is 0 Å². The molecule has 1 atom stereocenters. The Bertz CT molecular complexity index is 1370. The third-order valence-corrected chi connectivity index (χ3v) is 5.62. The van der Waals surface area contributed by atoms with E-state index in [0.29, 0.717) is 11.5 Å². The van der Waals surface area contributed by atoms with Crippen LogP contribution < -0.4 is 20.9 Å². The molecule has 0 aliphatic carbocycles. The smallest absolute Gasteiger partial charge is 0.275 e. The van der Waals surface area contributed by atoms with Crippen LogP contribution in [0.4, 0.5) is 10.1 Å². The second-order valence-electron chi connectivity index (χ2n) is 8.09. The van der Waals surface area contributed by atoms with Crippen LogP contribution in [0.15, 0.2) is 95.8 Å². The number of likely N-dealkylation sites (N-methyl/N-ethyl adjacent to an activating group) is 1. The van der Waals surface area contributed by atoms with Crippen LogP contribution in [0.1, 0.15) is 12.5 Å². The van der Waals surface area contributed by atoms with Gasteiger partial charge < -0.3 is 19.9 Å². The summed E-state index contributed by atoms with van der Waals surface area (Å²) in [5.41, 5.74) is 2.32. The molecule has 2 N–H and O–H groups in total. The highest BCUT2D eigenvalue weighted by molar-refractivity contribution is 5.94. The number of anilines is 1. The van der Waals surface area contributed by atoms with Crippen LogP contribution in [0.3, 0.4) is 0 Å². The van der Waals surface area contributed by atoms with Crippen molar-refractivity contribution in [2.24, 2.45) is 0 Å². The first-order chi connectivity index (χ1) is 16.9. The largest absolute Gasteiger partial charge is 0.457 e. The lowest BCUT2D eigenvalue weighted by atomic mass is 10.1. The number of hydrogen-bond acceptors (Lipinski definition) is 4. The molecule has 3 aromatic carbocycles. The minimum Gasteiger partial charge on any atom is -0.457 e. The van der Waals surface area contributed by atoms with Crippen molar-refractivity contribution in [1.82, 2.24) is 9.88 Å². The van der Waals surface area contributed by atoms with Crippen molar-refractivity contribution in [2.75, 3.05) is 12.4 Å². The molecule has 0 saturated carbocycles. The van der Waals surface area contributed by atoms with E-state index in [9.17, 15) is 14.0 Å². The molecule has 178 valence electrons. The lowest BCUT2D eigenvalue weighted by Crippen LogP contribution is -2.37. The van der Waals surface area contributed by atoms with Crippen LogP contribution in [-0.2, 0) is 11.3 Å². The highest BCUT2D eigenvalue weighted by atomic mass is 19.1. The summed E-state index contributed by atoms with van der Waals surface area (Å²) in [4.78, 5) is 25.9. The van der Waals surface area contributed by atoms with E-state index in [0.717, 1.165) is 16.8 Å². The van der Waals surface area contributed by atoms with Crippen molar-refractivity contribution in [1.29, 1.82) is 0 Å². The molecule has 0 fully saturated rings. The Morgan fingerprint density at radius 3 is 2.40 bits per heavy atom. The van der Waals surface area contributed by atoms with Crippen LogP contribution in [-0.4, -0.2) is 23.6 Å². The molecule has 35 heavy (non-hydrogen) atoms. The zero-order chi connectivity index (χ0) is 24.8. The van der Waals surface area contributed by atoms with Gasteiger partial charge in [-0.05, 0) is 73.6 Å². The molecule has 0 radical (unpaired) electrons. The van der Waals surface area contributed by atoms with E-state index in [2.05, 4.69) is 10.6 Å². The molecule has 6 nitrogen and oxygen atoms in total. The molecule has 1 aromatic heterocycles. The molecule has 7 heteroatoms. The average Bonchev–Trinajstić information content (AvgIpc) is 2.88. The molecule has 4 aromatic rings. The summed E-state index contributed by atoms with van der Waals surface area (Å²) in [6.45, 7) is 1.98. The Labute approximate surface area is 203 Å². The molecule has 0 saturated heterocycles. The lowest BCUT2D eigenvalue weighted by molar-refractivity contribution is -0.117. The zero-order valence-corrected chi connectivity index (χ0v) is 19.5. The van der Waals surface area contributed by atoms with Crippen LogP contribution in [0, 0.1) is 5.82 Å². The predicted octanol–water partition coefficient (Wildman–Crippen LogP) is 5.04. The molecule has 1 amide bonds. The maximum Gasteiger partial charge on any atom is 0.275 e. The van der Waals surface area contributed by atoms with Gasteiger partial charge in [-0.25, -0.2) is 4.39 Å². The summed E-state index contributed by atoms with van der Waals surface area (Å²) in [6.07, 6.45) is 0. The molecule has 4 rings (SSSR count). The van der Waals surface area contributed by atoms with E-state index in [-0.39, 0.29) is 29.5 Å². The number of benzene rings is 3. The van der Waals surface area contributed by atoms with Gasteiger partial charge in [0.15, 0.2) is 0 Å². The lowest BCUT2D eigenvalue weighted by Gasteiger charge is -2.17. The fourth-order valence-corrected chi connectivity index (χ4v) is 3.59. The number of nitrogens with one attached hydrogen (secondary N) is 2. The van der Waals surface area contributed by atoms with Gasteiger partial charge in [-0.1, -0.05) is 42.5 Å². The minimum absolute atomic E-state index is 0.204. The van der Waals surface area contributed by atoms with Gasteiger partial charge in [0.2, 0.25) is 5.91 Å². The monoisotopic (exact) mass is 471 g/mol. The normalized spacial score (nSPS) is 11.6. The molecule has 1 heterocycles. The number of pyridine rings is 1. The van der Waals surface area contributed by atoms with Gasteiger partial charge in [-0.15, -0.1) is 0 Å². The Morgan fingerprint density at radius 1 is 0.943 bits per heavy atom. The van der Waals surface area contributed by atoms with Crippen molar-refractivity contribution < 1.29 is 13.9 Å². The maximum absolute atomic E-state index is 13.5. The summed E-state index contributed by atoms with van der Waals surface area (Å²) in [5.74, 6) is 0.443. The fraction of sp³-hybridized carbons (Fsp3) is 0.143. The molecular weight excluding hydrogens is 445 g/mol. The molecule has 1 unspecified atom stereocenters. The van der Waals surface area contributed by atoms with Crippen molar-refractivity contribution in [3.05, 3.63) is 113 Å². The molecule has 0 aliphatic heterocycles. The second kappa shape index (κ2) is 10.8. The highest BCUT2D eigenvalue weighted by Gasteiger charge is 2.16. The minimum atomic E-state index is -0.447. The van der Waals surface area contributed by atoms with E-state index in [1.807, 2.05) is 54.6 Å². The number of carbonyl (C=O) groups excluding carboxylic acids is 1. The van der Waals surface area contributed by atoms with Gasteiger partial charge >= 0.3 is 0 Å². The first-order valence-corrected chi connectivity index (χ1v) is 11.2. The molecule has 0 bridgehead atoms. The summed E-state index contributed by atoms with van der Waals surface area (Å²) in [5, 5.41) is 5.59. The Balaban J connectivity index is 1.69. The molecule has 0 aliphatic rings. The van der Waals surface area contributed by atoms with Gasteiger partial charge in [0, 0.05) is 0 Å². The van der Waals surface area contributed by atoms with E-state index in [1.54, 1.807) is 42.8 Å². The number of carbonyl (C=O) groups is 1. The Kier molecular flexibility index (Phi) is 7.38. The van der Waals surface area contributed by atoms with Gasteiger partial charge in [0.05, 0.1) is 18.3 Å². The summed E-state index contributed by atoms with van der Waals surface area (Å²) in [6, 6.07) is 25.7. The van der Waals surface area contributed by atoms with E-state index in [4.69, 9.17) is 4.74 Å². The Hall–Kier alpha value is -4.23. The summed E-state index contributed by atoms with van der Waals surface area (Å²) < 4.78 is 20.7. The summed E-state index contributed by atoms with van der Waals surface area (Å²) >= 11 is 0. The number of aromatic nitrogens is 1. The van der Waals surface area contributed by atoms with Crippen molar-refractivity contribution in [2.45, 2.75) is 19.5 Å². The number of amides is 1. The van der Waals surface area contributed by atoms with Gasteiger partial charge in [-0.2, -0.15) is 0 Å². The second-order valence-corrected chi connectivity index (χ2v) is 8.09. The van der Waals surface area contributed by atoms with Gasteiger partial charge in [-0.3, -0.25) is 9.59 Å². The third kappa shape index (κ3) is 5.83. The first-order valence-electron chi connectivity index (χ1n) is 11.2. The SMILES string of the molecule is CNC(C)C(=O)Nc1ccc(-c2ccccc2)n(Cc2cccc(Oc3ccc(F)cc3)c2)c1=O. The van der Waals surface area contributed by atoms with Crippen LogP contribution in [0.5, 0.6) is 11.5 Å². The third-order valence-electron chi connectivity index (χ3n) is 5.62. The predicted molar refractivity (Wildman–Crippen MR) is 135 cm³/mol. The maximum atomic E-state index is 13.5. The van der Waals surface area contributed by atoms with E-state index < -0.39 is 6.04 Å². The number of ether oxygens (including phenoxy) is 1. The number of halogens is 1. The standard InChI is InChI=1S/C28H26FN3O3/c1-19(30-2)27(33)31-25-15-16-26(21-8-4-3-5-9-21)32(28(25)34)18-20-7-6-10-24(17-20)35-23-13-11-22(29)12-14-23/h3-17,19,30H,18H2,1-2H3,(H,31,33). The fourth-order valence-electron chi connectivity index (χ4n) is 3.59. The van der Waals surface area contributed by atoms with Crippen molar-refractivity contribution >= 4 is 11.6 Å². The quantitative estimate of drug-likeness (QED) is 0.378. The molecular formula is C28H26FN3O3. The van der Waals surface area contributed by atoms with Crippen molar-refractivity contribution in [3.8, 4) is 22.8 Å². The highest BCUT2D eigenvalue weighted by Crippen LogP contribution is 2.24. The summed E-state index contributed by atoms with van der Waals surface area (Å²) in [7, 11) is 1.68. The molecule has 0 spiro atoms. The van der Waals surface area contributed by atoms with E-state index >= 15 is 0 Å². The Morgan fingerprint density at radius 2 is 1.69 bits per heavy atom. The zero-order valence-electron chi connectivity index (χ0n) is 19.5. The number of hydrogen-bond donors (Lipinski definition) is 2. The topological polar surface area (TPSA) is 72.4 Å². The number of nitrogens with zero attached hydrogens (tertiary/aromatic N) is 1. The van der Waals surface area contributed by atoms with Crippen LogP contribution >= 0.6 is 0 Å². The van der Waals surface area contributed by atoms with Gasteiger partial charge in [0.1, 0.15) is 23.0 Å². The number of rotatable bonds is 8. The average molecular weight is 472 g/mol. The van der Waals surface area contributed by atoms with E-state index in [1.165, 1.54) is 12.1 Å². The van der Waals surface area contributed by atoms with Crippen LogP contribution in [0.25, 0.3) is 11.3 Å². The first kappa shape index (κ1) is 23.9.